The minimum Gasteiger partial charge on any atom is -0.460 e. The Morgan fingerprint density at radius 3 is 2.41 bits per heavy atom. The predicted molar refractivity (Wildman–Crippen MR) is 151 cm³/mol. The summed E-state index contributed by atoms with van der Waals surface area (Å²) in [6.07, 6.45) is 3.47. The molecule has 7 nitrogen and oxygen atoms in total. The molecule has 2 aromatic heterocycles. The fourth-order valence-corrected chi connectivity index (χ4v) is 6.29. The third-order valence-corrected chi connectivity index (χ3v) is 8.06. The zero-order valence-corrected chi connectivity index (χ0v) is 24.3. The van der Waals surface area contributed by atoms with Crippen LogP contribution in [0, 0.1) is 47.1 Å². The molecular weight excluding hydrogens is 530 g/mol. The number of piperidine rings is 1. The van der Waals surface area contributed by atoms with Gasteiger partial charge < -0.3 is 14.5 Å². The highest BCUT2D eigenvalue weighted by Crippen LogP contribution is 2.37. The third kappa shape index (κ3) is 5.38. The summed E-state index contributed by atoms with van der Waals surface area (Å²) in [6, 6.07) is 3.63. The van der Waals surface area contributed by atoms with Crippen molar-refractivity contribution in [2.75, 3.05) is 24.6 Å². The number of ether oxygens (including phenoxy) is 1. The summed E-state index contributed by atoms with van der Waals surface area (Å²) in [4.78, 5) is 27.8. The first kappa shape index (κ1) is 27.1. The monoisotopic (exact) mass is 565 g/mol. The summed E-state index contributed by atoms with van der Waals surface area (Å²) in [5.74, 6) is 1.89. The van der Waals surface area contributed by atoms with Crippen molar-refractivity contribution in [2.45, 2.75) is 73.3 Å². The lowest BCUT2D eigenvalue weighted by atomic mass is 9.90. The van der Waals surface area contributed by atoms with Crippen LogP contribution in [0.2, 0.25) is 0 Å². The van der Waals surface area contributed by atoms with E-state index < -0.39 is 6.04 Å². The number of rotatable bonds is 7. The molecule has 0 amide bonds. The van der Waals surface area contributed by atoms with E-state index in [-0.39, 0.29) is 5.97 Å². The topological polar surface area (TPSA) is 64.6 Å². The molecule has 37 heavy (non-hydrogen) atoms. The van der Waals surface area contributed by atoms with Crippen LogP contribution in [0.3, 0.4) is 0 Å². The fraction of sp³-hybridized carbons (Fsp3) is 0.517. The van der Waals surface area contributed by atoms with Gasteiger partial charge in [0.15, 0.2) is 5.65 Å². The van der Waals surface area contributed by atoms with E-state index in [1.165, 1.54) is 28.1 Å². The zero-order valence-electron chi connectivity index (χ0n) is 22.7. The van der Waals surface area contributed by atoms with Gasteiger partial charge in [-0.25, -0.2) is 21.3 Å². The molecule has 0 bridgehead atoms. The molecule has 3 aromatic rings. The molecule has 0 radical (unpaired) electrons. The summed E-state index contributed by atoms with van der Waals surface area (Å²) < 4.78 is 8.44. The number of hydrogen-bond donors (Lipinski definition) is 0. The predicted octanol–water partition coefficient (Wildman–Crippen LogP) is 6.57. The van der Waals surface area contributed by atoms with E-state index in [1.807, 2.05) is 6.92 Å². The van der Waals surface area contributed by atoms with E-state index in [9.17, 15) is 4.79 Å². The van der Waals surface area contributed by atoms with Crippen LogP contribution in [0.1, 0.15) is 60.8 Å². The maximum atomic E-state index is 12.0. The zero-order chi connectivity index (χ0) is 26.9. The van der Waals surface area contributed by atoms with Gasteiger partial charge in [0.2, 0.25) is 0 Å². The van der Waals surface area contributed by atoms with Crippen LogP contribution >= 0.6 is 15.9 Å². The van der Waals surface area contributed by atoms with Gasteiger partial charge in [-0.2, -0.15) is 0 Å². The van der Waals surface area contributed by atoms with E-state index in [2.05, 4.69) is 70.1 Å². The lowest BCUT2D eigenvalue weighted by Crippen LogP contribution is -2.35. The molecule has 1 aliphatic rings. The van der Waals surface area contributed by atoms with Crippen molar-refractivity contribution in [1.29, 1.82) is 0 Å². The van der Waals surface area contributed by atoms with E-state index in [0.29, 0.717) is 18.9 Å². The van der Waals surface area contributed by atoms with Crippen molar-refractivity contribution < 1.29 is 9.53 Å². The van der Waals surface area contributed by atoms with Gasteiger partial charge >= 0.3 is 12.0 Å². The van der Waals surface area contributed by atoms with Gasteiger partial charge in [-0.15, -0.1) is 0 Å². The molecule has 0 spiro atoms. The van der Waals surface area contributed by atoms with E-state index >= 15 is 0 Å². The van der Waals surface area contributed by atoms with Crippen LogP contribution < -0.4 is 4.90 Å². The molecule has 4 rings (SSSR count). The summed E-state index contributed by atoms with van der Waals surface area (Å²) >= 11 is 3.63. The smallest absolute Gasteiger partial charge is 0.390 e. The summed E-state index contributed by atoms with van der Waals surface area (Å²) in [7, 11) is 0. The maximum Gasteiger partial charge on any atom is 0.390 e. The fourth-order valence-electron chi connectivity index (χ4n) is 5.61. The molecule has 1 aliphatic heterocycles. The van der Waals surface area contributed by atoms with Crippen molar-refractivity contribution in [2.24, 2.45) is 5.92 Å². The molecule has 3 heterocycles. The molecule has 1 unspecified atom stereocenters. The van der Waals surface area contributed by atoms with Crippen LogP contribution in [0.5, 0.6) is 0 Å². The molecule has 0 N–H and O–H groups in total. The second kappa shape index (κ2) is 11.2. The average molecular weight is 567 g/mol. The largest absolute Gasteiger partial charge is 0.460 e. The van der Waals surface area contributed by atoms with Crippen LogP contribution in [-0.4, -0.2) is 46.2 Å². The molecule has 196 valence electrons. The van der Waals surface area contributed by atoms with E-state index in [0.717, 1.165) is 59.5 Å². The molecule has 0 saturated carbocycles. The number of carbonyl (C=O) groups excluding carboxylic acids is 1. The minimum atomic E-state index is -0.682. The molecule has 0 aliphatic carbocycles. The molecule has 1 atom stereocenters. The number of halogens is 1. The van der Waals surface area contributed by atoms with Crippen molar-refractivity contribution in [3.63, 3.8) is 0 Å². The Morgan fingerprint density at radius 1 is 1.16 bits per heavy atom. The van der Waals surface area contributed by atoms with E-state index in [1.54, 1.807) is 6.92 Å². The second-order valence-electron chi connectivity index (χ2n) is 10.1. The second-order valence-corrected chi connectivity index (χ2v) is 11.0. The van der Waals surface area contributed by atoms with Crippen molar-refractivity contribution in [1.82, 2.24) is 14.5 Å². The van der Waals surface area contributed by atoms with Crippen LogP contribution in [0.15, 0.2) is 16.6 Å². The minimum absolute atomic E-state index is 0.317. The van der Waals surface area contributed by atoms with Crippen LogP contribution in [0.4, 0.5) is 5.82 Å². The number of esters is 1. The van der Waals surface area contributed by atoms with Gasteiger partial charge in [0, 0.05) is 29.7 Å². The third-order valence-electron chi connectivity index (χ3n) is 7.60. The standard InChI is InChI=1S/C29H36BrN5O2/c1-8-37-29(36)24(31-7)10-9-22-11-13-34(14-12-22)27-25-19(4)20(5)35(28(25)33-21(6)32-27)26-17(2)15-23(30)16-18(26)3/h15-16,22,24H,8-14H2,1-6H3. The van der Waals surface area contributed by atoms with Gasteiger partial charge in [-0.1, -0.05) is 15.9 Å². The Labute approximate surface area is 228 Å². The van der Waals surface area contributed by atoms with Crippen molar-refractivity contribution in [3.8, 4) is 5.69 Å². The highest BCUT2D eigenvalue weighted by atomic mass is 79.9. The molecule has 8 heteroatoms. The van der Waals surface area contributed by atoms with Gasteiger partial charge in [0.05, 0.1) is 17.7 Å². The highest BCUT2D eigenvalue weighted by molar-refractivity contribution is 9.10. The molecular formula is C29H36BrN5O2. The lowest BCUT2D eigenvalue weighted by Gasteiger charge is -2.33. The molecule has 1 aromatic carbocycles. The summed E-state index contributed by atoms with van der Waals surface area (Å²) in [5, 5.41) is 1.12. The summed E-state index contributed by atoms with van der Waals surface area (Å²) in [5.41, 5.74) is 6.93. The summed E-state index contributed by atoms with van der Waals surface area (Å²) in [6.45, 7) is 21.9. The Morgan fingerprint density at radius 2 is 1.81 bits per heavy atom. The van der Waals surface area contributed by atoms with E-state index in [4.69, 9.17) is 21.3 Å². The highest BCUT2D eigenvalue weighted by Gasteiger charge is 2.29. The lowest BCUT2D eigenvalue weighted by molar-refractivity contribution is -0.143. The Balaban J connectivity index is 1.60. The number of nitrogens with zero attached hydrogens (tertiary/aromatic N) is 5. The van der Waals surface area contributed by atoms with Gasteiger partial charge in [0.1, 0.15) is 11.6 Å². The number of benzene rings is 1. The number of carbonyl (C=O) groups is 1. The number of fused-ring (bicyclic) bond motifs is 1. The first-order valence-corrected chi connectivity index (χ1v) is 13.9. The normalized spacial score (nSPS) is 15.1. The van der Waals surface area contributed by atoms with Gasteiger partial charge in [-0.05, 0) is 95.5 Å². The van der Waals surface area contributed by atoms with Crippen LogP contribution in [0.25, 0.3) is 21.6 Å². The van der Waals surface area contributed by atoms with Gasteiger partial charge in [-0.3, -0.25) is 4.57 Å². The maximum absolute atomic E-state index is 12.0. The quantitative estimate of drug-likeness (QED) is 0.239. The SMILES string of the molecule is [C-]#[N+]C(CCC1CCN(c2nc(C)nc3c2c(C)c(C)n3-c2c(C)cc(Br)cc2C)CC1)C(=O)OCC. The Hall–Kier alpha value is -2.92. The number of aromatic nitrogens is 3. The first-order chi connectivity index (χ1) is 17.7. The van der Waals surface area contributed by atoms with Crippen LogP contribution in [-0.2, 0) is 9.53 Å². The molecule has 1 fully saturated rings. The number of anilines is 1. The van der Waals surface area contributed by atoms with Gasteiger partial charge in [0.25, 0.3) is 0 Å². The van der Waals surface area contributed by atoms with Crippen molar-refractivity contribution in [3.05, 3.63) is 56.2 Å². The number of hydrogen-bond acceptors (Lipinski definition) is 5. The van der Waals surface area contributed by atoms with Crippen molar-refractivity contribution >= 4 is 38.8 Å². The average Bonchev–Trinajstić information content (AvgIpc) is 3.09. The molecule has 1 saturated heterocycles. The Kier molecular flexibility index (Phi) is 8.23. The number of aryl methyl sites for hydroxylation is 4. The Bertz CT molecular complexity index is 1340. The first-order valence-electron chi connectivity index (χ1n) is 13.1.